The van der Waals surface area contributed by atoms with Gasteiger partial charge in [-0.1, -0.05) is 24.3 Å². The Morgan fingerprint density at radius 3 is 2.36 bits per heavy atom. The molecule has 0 aromatic heterocycles. The van der Waals surface area contributed by atoms with Crippen molar-refractivity contribution in [2.75, 3.05) is 13.2 Å². The number of hydrogen-bond donors (Lipinski definition) is 3. The van der Waals surface area contributed by atoms with Gasteiger partial charge in [0.25, 0.3) is 11.8 Å². The van der Waals surface area contributed by atoms with E-state index in [-0.39, 0.29) is 29.9 Å². The van der Waals surface area contributed by atoms with Gasteiger partial charge < -0.3 is 20.5 Å². The van der Waals surface area contributed by atoms with E-state index in [4.69, 9.17) is 9.84 Å². The van der Waals surface area contributed by atoms with Crippen LogP contribution in [0, 0.1) is 0 Å². The zero-order chi connectivity index (χ0) is 18.4. The molecule has 0 saturated carbocycles. The van der Waals surface area contributed by atoms with Crippen molar-refractivity contribution in [2.24, 2.45) is 0 Å². The van der Waals surface area contributed by atoms with Crippen molar-refractivity contribution < 1.29 is 24.2 Å². The minimum absolute atomic E-state index is 0.0222. The summed E-state index contributed by atoms with van der Waals surface area (Å²) >= 11 is 0. The van der Waals surface area contributed by atoms with E-state index < -0.39 is 18.4 Å². The van der Waals surface area contributed by atoms with Gasteiger partial charge in [-0.15, -0.1) is 0 Å². The SMILES string of the molecule is CC(C)NC(=O)COc1cc2ccccc2cc1C(=O)NCC(=O)O. The Balaban J connectivity index is 2.28. The third-order valence-corrected chi connectivity index (χ3v) is 3.30. The van der Waals surface area contributed by atoms with Crippen LogP contribution in [0.3, 0.4) is 0 Å². The Labute approximate surface area is 145 Å². The first kappa shape index (κ1) is 18.3. The molecule has 0 fully saturated rings. The normalized spacial score (nSPS) is 10.5. The molecule has 0 aliphatic carbocycles. The maximum atomic E-state index is 12.3. The predicted octanol–water partition coefficient (Wildman–Crippen LogP) is 1.56. The molecule has 0 heterocycles. The van der Waals surface area contributed by atoms with Gasteiger partial charge in [0.2, 0.25) is 0 Å². The summed E-state index contributed by atoms with van der Waals surface area (Å²) in [6.45, 7) is 2.92. The Kier molecular flexibility index (Phi) is 5.94. The summed E-state index contributed by atoms with van der Waals surface area (Å²) < 4.78 is 5.52. The number of nitrogens with one attached hydrogen (secondary N) is 2. The van der Waals surface area contributed by atoms with Crippen LogP contribution in [-0.2, 0) is 9.59 Å². The van der Waals surface area contributed by atoms with Gasteiger partial charge in [-0.2, -0.15) is 0 Å². The van der Waals surface area contributed by atoms with Gasteiger partial charge in [-0.05, 0) is 36.8 Å². The second-order valence-electron chi connectivity index (χ2n) is 5.78. The van der Waals surface area contributed by atoms with Gasteiger partial charge in [0.15, 0.2) is 6.61 Å². The molecule has 2 rings (SSSR count). The highest BCUT2D eigenvalue weighted by molar-refractivity contribution is 6.02. The molecule has 0 unspecified atom stereocenters. The second kappa shape index (κ2) is 8.14. The molecule has 0 saturated heterocycles. The van der Waals surface area contributed by atoms with E-state index in [1.807, 2.05) is 38.1 Å². The summed E-state index contributed by atoms with van der Waals surface area (Å²) in [6.07, 6.45) is 0. The van der Waals surface area contributed by atoms with E-state index in [1.165, 1.54) is 0 Å². The molecule has 2 amide bonds. The number of ether oxygens (including phenoxy) is 1. The van der Waals surface area contributed by atoms with Crippen molar-refractivity contribution in [1.82, 2.24) is 10.6 Å². The van der Waals surface area contributed by atoms with Gasteiger partial charge in [-0.25, -0.2) is 0 Å². The zero-order valence-corrected chi connectivity index (χ0v) is 14.0. The molecule has 7 heteroatoms. The molecule has 0 aliphatic rings. The molecular formula is C18H20N2O5. The van der Waals surface area contributed by atoms with Crippen LogP contribution < -0.4 is 15.4 Å². The fraction of sp³-hybridized carbons (Fsp3) is 0.278. The summed E-state index contributed by atoms with van der Waals surface area (Å²) in [5, 5.41) is 15.4. The summed E-state index contributed by atoms with van der Waals surface area (Å²) in [4.78, 5) is 34.7. The molecule has 2 aromatic rings. The van der Waals surface area contributed by atoms with E-state index in [1.54, 1.807) is 12.1 Å². The van der Waals surface area contributed by atoms with Gasteiger partial charge in [0.05, 0.1) is 5.56 Å². The lowest BCUT2D eigenvalue weighted by atomic mass is 10.1. The number of hydrogen-bond acceptors (Lipinski definition) is 4. The van der Waals surface area contributed by atoms with Crippen LogP contribution in [0.25, 0.3) is 10.8 Å². The molecule has 3 N–H and O–H groups in total. The molecule has 7 nitrogen and oxygen atoms in total. The topological polar surface area (TPSA) is 105 Å². The maximum Gasteiger partial charge on any atom is 0.322 e. The largest absolute Gasteiger partial charge is 0.483 e. The number of fused-ring (bicyclic) bond motifs is 1. The zero-order valence-electron chi connectivity index (χ0n) is 14.0. The van der Waals surface area contributed by atoms with Crippen molar-refractivity contribution in [1.29, 1.82) is 0 Å². The van der Waals surface area contributed by atoms with Crippen LogP contribution in [0.15, 0.2) is 36.4 Å². The van der Waals surface area contributed by atoms with Crippen LogP contribution in [0.1, 0.15) is 24.2 Å². The molecule has 0 atom stereocenters. The number of carbonyl (C=O) groups is 3. The van der Waals surface area contributed by atoms with E-state index in [0.717, 1.165) is 10.8 Å². The molecule has 0 radical (unpaired) electrons. The molecule has 0 spiro atoms. The van der Waals surface area contributed by atoms with Crippen LogP contribution in [-0.4, -0.2) is 42.1 Å². The average Bonchev–Trinajstić information content (AvgIpc) is 2.56. The Morgan fingerprint density at radius 2 is 1.76 bits per heavy atom. The Morgan fingerprint density at radius 1 is 1.12 bits per heavy atom. The Hall–Kier alpha value is -3.09. The van der Waals surface area contributed by atoms with E-state index >= 15 is 0 Å². The lowest BCUT2D eigenvalue weighted by molar-refractivity contribution is -0.135. The average molecular weight is 344 g/mol. The van der Waals surface area contributed by atoms with Crippen molar-refractivity contribution >= 4 is 28.6 Å². The fourth-order valence-corrected chi connectivity index (χ4v) is 2.27. The predicted molar refractivity (Wildman–Crippen MR) is 92.7 cm³/mol. The quantitative estimate of drug-likeness (QED) is 0.707. The molecule has 132 valence electrons. The molecule has 2 aromatic carbocycles. The van der Waals surface area contributed by atoms with E-state index in [2.05, 4.69) is 10.6 Å². The summed E-state index contributed by atoms with van der Waals surface area (Å²) in [5.41, 5.74) is 0.178. The Bertz CT molecular complexity index is 801. The van der Waals surface area contributed by atoms with Gasteiger partial charge in [0.1, 0.15) is 12.3 Å². The number of benzene rings is 2. The number of amides is 2. The van der Waals surface area contributed by atoms with E-state index in [0.29, 0.717) is 0 Å². The van der Waals surface area contributed by atoms with Crippen molar-refractivity contribution in [3.05, 3.63) is 42.0 Å². The second-order valence-corrected chi connectivity index (χ2v) is 5.78. The molecule has 0 bridgehead atoms. The van der Waals surface area contributed by atoms with Crippen molar-refractivity contribution in [2.45, 2.75) is 19.9 Å². The lowest BCUT2D eigenvalue weighted by Gasteiger charge is -2.14. The van der Waals surface area contributed by atoms with Crippen LogP contribution >= 0.6 is 0 Å². The first-order chi connectivity index (χ1) is 11.9. The number of rotatable bonds is 7. The third kappa shape index (κ3) is 5.20. The van der Waals surface area contributed by atoms with Gasteiger partial charge >= 0.3 is 5.97 Å². The monoisotopic (exact) mass is 344 g/mol. The molecule has 0 aliphatic heterocycles. The minimum atomic E-state index is -1.15. The minimum Gasteiger partial charge on any atom is -0.483 e. The first-order valence-electron chi connectivity index (χ1n) is 7.81. The highest BCUT2D eigenvalue weighted by Crippen LogP contribution is 2.26. The lowest BCUT2D eigenvalue weighted by Crippen LogP contribution is -2.34. The number of carbonyl (C=O) groups excluding carboxylic acids is 2. The smallest absolute Gasteiger partial charge is 0.322 e. The van der Waals surface area contributed by atoms with Crippen LogP contribution in [0.2, 0.25) is 0 Å². The molecular weight excluding hydrogens is 324 g/mol. The number of carboxylic acids is 1. The van der Waals surface area contributed by atoms with Gasteiger partial charge in [-0.3, -0.25) is 14.4 Å². The highest BCUT2D eigenvalue weighted by Gasteiger charge is 2.16. The molecule has 25 heavy (non-hydrogen) atoms. The van der Waals surface area contributed by atoms with Crippen molar-refractivity contribution in [3.63, 3.8) is 0 Å². The van der Waals surface area contributed by atoms with Crippen LogP contribution in [0.4, 0.5) is 0 Å². The number of carboxylic acid groups (broad SMARTS) is 1. The number of aliphatic carboxylic acids is 1. The summed E-state index contributed by atoms with van der Waals surface area (Å²) in [7, 11) is 0. The van der Waals surface area contributed by atoms with E-state index in [9.17, 15) is 14.4 Å². The summed E-state index contributed by atoms with van der Waals surface area (Å²) in [5.74, 6) is -1.80. The standard InChI is InChI=1S/C18H20N2O5/c1-11(2)20-16(21)10-25-15-8-13-6-4-3-5-12(13)7-14(15)18(24)19-9-17(22)23/h3-8,11H,9-10H2,1-2H3,(H,19,24)(H,20,21)(H,22,23). The van der Waals surface area contributed by atoms with Crippen molar-refractivity contribution in [3.8, 4) is 5.75 Å². The first-order valence-corrected chi connectivity index (χ1v) is 7.81. The van der Waals surface area contributed by atoms with Gasteiger partial charge in [0, 0.05) is 6.04 Å². The van der Waals surface area contributed by atoms with Crippen LogP contribution in [0.5, 0.6) is 5.75 Å². The maximum absolute atomic E-state index is 12.3. The third-order valence-electron chi connectivity index (χ3n) is 3.30. The summed E-state index contributed by atoms with van der Waals surface area (Å²) in [6, 6.07) is 10.6. The highest BCUT2D eigenvalue weighted by atomic mass is 16.5. The fourth-order valence-electron chi connectivity index (χ4n) is 2.27.